The van der Waals surface area contributed by atoms with Gasteiger partial charge in [-0.1, -0.05) is 42.7 Å². The molecule has 3 aromatic rings. The number of likely N-dealkylation sites (tertiary alicyclic amines) is 1. The van der Waals surface area contributed by atoms with Gasteiger partial charge in [0.2, 0.25) is 0 Å². The Bertz CT molecular complexity index is 1010. The molecule has 1 saturated heterocycles. The summed E-state index contributed by atoms with van der Waals surface area (Å²) in [7, 11) is 1.88. The van der Waals surface area contributed by atoms with Gasteiger partial charge in [0, 0.05) is 25.4 Å². The lowest BCUT2D eigenvalue weighted by atomic mass is 10.0. The van der Waals surface area contributed by atoms with Crippen LogP contribution in [0.4, 0.5) is 0 Å². The normalized spacial score (nSPS) is 16.1. The number of carbonyl (C=O) groups is 1. The minimum Gasteiger partial charge on any atom is -0.349 e. The fraction of sp³-hybridized carbons (Fsp3) is 0.458. The zero-order valence-electron chi connectivity index (χ0n) is 18.7. The van der Waals surface area contributed by atoms with Gasteiger partial charge in [-0.2, -0.15) is 10.2 Å². The average Bonchev–Trinajstić information content (AvgIpc) is 3.27. The van der Waals surface area contributed by atoms with Crippen LogP contribution >= 0.6 is 0 Å². The second kappa shape index (κ2) is 9.47. The summed E-state index contributed by atoms with van der Waals surface area (Å²) in [5.41, 5.74) is 5.53. The number of nitrogens with one attached hydrogen (secondary N) is 2. The minimum atomic E-state index is -0.132. The van der Waals surface area contributed by atoms with Crippen LogP contribution in [0.5, 0.6) is 0 Å². The summed E-state index contributed by atoms with van der Waals surface area (Å²) >= 11 is 0. The molecule has 0 radical (unpaired) electrons. The molecule has 2 aromatic heterocycles. The van der Waals surface area contributed by atoms with Gasteiger partial charge in [0.1, 0.15) is 5.69 Å². The number of aromatic amines is 1. The molecule has 0 aliphatic carbocycles. The number of H-pyrrole nitrogens is 1. The lowest BCUT2D eigenvalue weighted by Gasteiger charge is -2.31. The predicted molar refractivity (Wildman–Crippen MR) is 122 cm³/mol. The Labute approximate surface area is 183 Å². The first-order chi connectivity index (χ1) is 15.0. The average molecular weight is 421 g/mol. The van der Waals surface area contributed by atoms with Crippen LogP contribution < -0.4 is 5.32 Å². The lowest BCUT2D eigenvalue weighted by Crippen LogP contribution is -2.38. The molecule has 3 heterocycles. The first-order valence-corrected chi connectivity index (χ1v) is 11.2. The van der Waals surface area contributed by atoms with Crippen molar-refractivity contribution in [2.24, 2.45) is 7.05 Å². The van der Waals surface area contributed by atoms with Crippen LogP contribution in [0, 0.1) is 13.8 Å². The molecule has 164 valence electrons. The summed E-state index contributed by atoms with van der Waals surface area (Å²) in [6, 6.07) is 10.7. The van der Waals surface area contributed by atoms with Gasteiger partial charge in [0.15, 0.2) is 0 Å². The van der Waals surface area contributed by atoms with E-state index in [1.807, 2.05) is 20.2 Å². The molecule has 0 saturated carbocycles. The number of benzene rings is 1. The number of hydrogen-bond donors (Lipinski definition) is 2. The second-order valence-corrected chi connectivity index (χ2v) is 8.56. The van der Waals surface area contributed by atoms with Crippen LogP contribution in [0.2, 0.25) is 0 Å². The summed E-state index contributed by atoms with van der Waals surface area (Å²) in [6.45, 7) is 6.76. The Morgan fingerprint density at radius 1 is 1.13 bits per heavy atom. The Kier molecular flexibility index (Phi) is 6.51. The molecule has 1 aromatic carbocycles. The molecule has 1 aliphatic rings. The van der Waals surface area contributed by atoms with Crippen molar-refractivity contribution in [3.8, 4) is 11.3 Å². The van der Waals surface area contributed by atoms with E-state index >= 15 is 0 Å². The zero-order valence-corrected chi connectivity index (χ0v) is 18.7. The van der Waals surface area contributed by atoms with Gasteiger partial charge in [-0.05, 0) is 51.4 Å². The van der Waals surface area contributed by atoms with Crippen LogP contribution in [0.1, 0.15) is 59.0 Å². The number of carbonyl (C=O) groups excluding carboxylic acids is 1. The molecular weight excluding hydrogens is 388 g/mol. The number of amides is 1. The zero-order chi connectivity index (χ0) is 21.8. The third kappa shape index (κ3) is 5.05. The van der Waals surface area contributed by atoms with Gasteiger partial charge >= 0.3 is 0 Å². The fourth-order valence-corrected chi connectivity index (χ4v) is 4.36. The molecular formula is C24H32N6O. The molecule has 1 unspecified atom stereocenters. The number of aryl methyl sites for hydroxylation is 3. The van der Waals surface area contributed by atoms with E-state index in [0.29, 0.717) is 12.2 Å². The molecule has 4 rings (SSSR count). The van der Waals surface area contributed by atoms with Gasteiger partial charge in [-0.15, -0.1) is 0 Å². The van der Waals surface area contributed by atoms with Gasteiger partial charge in [0.05, 0.1) is 17.4 Å². The summed E-state index contributed by atoms with van der Waals surface area (Å²) in [5, 5.41) is 14.7. The lowest BCUT2D eigenvalue weighted by molar-refractivity contribution is 0.0928. The first-order valence-electron chi connectivity index (χ1n) is 11.2. The molecule has 2 N–H and O–H groups in total. The topological polar surface area (TPSA) is 78.8 Å². The molecule has 0 spiro atoms. The number of nitrogens with zero attached hydrogens (tertiary/aromatic N) is 4. The van der Waals surface area contributed by atoms with Gasteiger partial charge in [0.25, 0.3) is 5.91 Å². The summed E-state index contributed by atoms with van der Waals surface area (Å²) in [4.78, 5) is 15.4. The Morgan fingerprint density at radius 3 is 2.48 bits per heavy atom. The van der Waals surface area contributed by atoms with E-state index in [0.717, 1.165) is 30.0 Å². The SMILES string of the molecule is Cc1ccc(C(CNC(=O)c2cc(-c3cn(C)nc3C)n[nH]2)N2CCCCCC2)cc1. The Balaban J connectivity index is 1.48. The quantitative estimate of drug-likeness (QED) is 0.636. The Morgan fingerprint density at radius 2 is 1.84 bits per heavy atom. The Hall–Kier alpha value is -2.93. The third-order valence-corrected chi connectivity index (χ3v) is 6.11. The number of hydrogen-bond acceptors (Lipinski definition) is 4. The van der Waals surface area contributed by atoms with Crippen LogP contribution in [-0.4, -0.2) is 50.4 Å². The molecule has 7 nitrogen and oxygen atoms in total. The van der Waals surface area contributed by atoms with Crippen molar-refractivity contribution in [3.05, 3.63) is 59.0 Å². The highest BCUT2D eigenvalue weighted by Crippen LogP contribution is 2.25. The van der Waals surface area contributed by atoms with Gasteiger partial charge in [-0.25, -0.2) is 0 Å². The second-order valence-electron chi connectivity index (χ2n) is 8.56. The van der Waals surface area contributed by atoms with Crippen LogP contribution in [0.15, 0.2) is 36.5 Å². The smallest absolute Gasteiger partial charge is 0.269 e. The molecule has 1 atom stereocenters. The van der Waals surface area contributed by atoms with Crippen LogP contribution in [0.3, 0.4) is 0 Å². The van der Waals surface area contributed by atoms with E-state index in [2.05, 4.69) is 56.7 Å². The molecule has 1 fully saturated rings. The van der Waals surface area contributed by atoms with E-state index in [1.54, 1.807) is 10.7 Å². The fourth-order valence-electron chi connectivity index (χ4n) is 4.36. The molecule has 7 heteroatoms. The third-order valence-electron chi connectivity index (χ3n) is 6.11. The van der Waals surface area contributed by atoms with E-state index in [-0.39, 0.29) is 11.9 Å². The molecule has 1 aliphatic heterocycles. The highest BCUT2D eigenvalue weighted by molar-refractivity contribution is 5.93. The number of aromatic nitrogens is 4. The standard InChI is InChI=1S/C24H32N6O/c1-17-8-10-19(11-9-17)23(30-12-6-4-5-7-13-30)15-25-24(31)22-14-21(26-27-22)20-16-29(3)28-18(20)2/h8-11,14,16,23H,4-7,12-13,15H2,1-3H3,(H,25,31)(H,26,27). The van der Waals surface area contributed by atoms with Crippen molar-refractivity contribution < 1.29 is 4.79 Å². The largest absolute Gasteiger partial charge is 0.349 e. The van der Waals surface area contributed by atoms with E-state index < -0.39 is 0 Å². The van der Waals surface area contributed by atoms with E-state index in [1.165, 1.54) is 36.8 Å². The minimum absolute atomic E-state index is 0.132. The van der Waals surface area contributed by atoms with Gasteiger partial charge in [-0.3, -0.25) is 19.5 Å². The first kappa shape index (κ1) is 21.3. The van der Waals surface area contributed by atoms with E-state index in [4.69, 9.17) is 0 Å². The van der Waals surface area contributed by atoms with Crippen LogP contribution in [0.25, 0.3) is 11.3 Å². The molecule has 0 bridgehead atoms. The summed E-state index contributed by atoms with van der Waals surface area (Å²) in [6.07, 6.45) is 6.91. The highest BCUT2D eigenvalue weighted by Gasteiger charge is 2.23. The maximum atomic E-state index is 12.9. The van der Waals surface area contributed by atoms with Crippen molar-refractivity contribution in [2.75, 3.05) is 19.6 Å². The monoisotopic (exact) mass is 420 g/mol. The van der Waals surface area contributed by atoms with Crippen molar-refractivity contribution in [1.29, 1.82) is 0 Å². The van der Waals surface area contributed by atoms with Crippen molar-refractivity contribution in [3.63, 3.8) is 0 Å². The van der Waals surface area contributed by atoms with E-state index in [9.17, 15) is 4.79 Å². The van der Waals surface area contributed by atoms with Gasteiger partial charge < -0.3 is 5.32 Å². The summed E-state index contributed by atoms with van der Waals surface area (Å²) in [5.74, 6) is -0.132. The number of rotatable bonds is 6. The maximum absolute atomic E-state index is 12.9. The maximum Gasteiger partial charge on any atom is 0.269 e. The predicted octanol–water partition coefficient (Wildman–Crippen LogP) is 3.77. The summed E-state index contributed by atoms with van der Waals surface area (Å²) < 4.78 is 1.76. The molecule has 31 heavy (non-hydrogen) atoms. The highest BCUT2D eigenvalue weighted by atomic mass is 16.1. The van der Waals surface area contributed by atoms with Crippen molar-refractivity contribution >= 4 is 5.91 Å². The molecule has 1 amide bonds. The van der Waals surface area contributed by atoms with Crippen LogP contribution in [-0.2, 0) is 7.05 Å². The van der Waals surface area contributed by atoms with Crippen molar-refractivity contribution in [2.45, 2.75) is 45.6 Å². The van der Waals surface area contributed by atoms with Crippen molar-refractivity contribution in [1.82, 2.24) is 30.2 Å².